The van der Waals surface area contributed by atoms with Gasteiger partial charge in [0.05, 0.1) is 6.61 Å². The molecule has 0 radical (unpaired) electrons. The van der Waals surface area contributed by atoms with Crippen molar-refractivity contribution in [1.29, 1.82) is 0 Å². The molecule has 0 saturated heterocycles. The lowest BCUT2D eigenvalue weighted by molar-refractivity contribution is 0.0549. The monoisotopic (exact) mass is 174 g/mol. The Hall–Kier alpha value is -0.500. The summed E-state index contributed by atoms with van der Waals surface area (Å²) in [4.78, 5) is 0. The first-order valence-corrected chi connectivity index (χ1v) is 4.46. The molecule has 4 heteroatoms. The third kappa shape index (κ3) is 2.93. The maximum absolute atomic E-state index is 8.90. The van der Waals surface area contributed by atoms with Crippen molar-refractivity contribution in [1.82, 2.24) is 0 Å². The van der Waals surface area contributed by atoms with Gasteiger partial charge in [0, 0.05) is 0 Å². The van der Waals surface area contributed by atoms with Crippen molar-refractivity contribution in [2.24, 2.45) is 0 Å². The van der Waals surface area contributed by atoms with E-state index < -0.39 is 6.10 Å². The molecule has 11 heavy (non-hydrogen) atoms. The van der Waals surface area contributed by atoms with Crippen LogP contribution in [0.4, 0.5) is 0 Å². The SMILES string of the molecule is OCC(O)COc1ccc[pH]1. The molecule has 0 saturated carbocycles. The molecule has 1 aromatic heterocycles. The maximum Gasteiger partial charge on any atom is 0.134 e. The topological polar surface area (TPSA) is 49.7 Å². The predicted octanol–water partition coefficient (Wildman–Crippen LogP) is 0.450. The molecule has 1 heterocycles. The first-order chi connectivity index (χ1) is 5.33. The van der Waals surface area contributed by atoms with Crippen LogP contribution in [-0.4, -0.2) is 29.5 Å². The minimum Gasteiger partial charge on any atom is -0.487 e. The molecule has 0 aliphatic carbocycles. The van der Waals surface area contributed by atoms with Gasteiger partial charge in [-0.3, -0.25) is 0 Å². The molecule has 2 atom stereocenters. The van der Waals surface area contributed by atoms with Gasteiger partial charge >= 0.3 is 0 Å². The molecule has 0 aromatic carbocycles. The van der Waals surface area contributed by atoms with Crippen LogP contribution < -0.4 is 4.74 Å². The van der Waals surface area contributed by atoms with E-state index in [2.05, 4.69) is 0 Å². The molecule has 0 bridgehead atoms. The Morgan fingerprint density at radius 2 is 2.45 bits per heavy atom. The first-order valence-electron chi connectivity index (χ1n) is 3.38. The van der Waals surface area contributed by atoms with Crippen LogP contribution in [0.1, 0.15) is 0 Å². The zero-order valence-corrected chi connectivity index (χ0v) is 7.03. The lowest BCUT2D eigenvalue weighted by atomic mass is 10.4. The average molecular weight is 174 g/mol. The second-order valence-electron chi connectivity index (χ2n) is 2.18. The van der Waals surface area contributed by atoms with Gasteiger partial charge in [-0.15, -0.1) is 0 Å². The fourth-order valence-electron chi connectivity index (χ4n) is 0.642. The Bertz CT molecular complexity index is 186. The summed E-state index contributed by atoms with van der Waals surface area (Å²) in [5.74, 6) is 2.00. The molecule has 1 rings (SSSR count). The number of ether oxygens (including phenoxy) is 1. The third-order valence-electron chi connectivity index (χ3n) is 1.21. The van der Waals surface area contributed by atoms with Crippen LogP contribution in [0.3, 0.4) is 0 Å². The summed E-state index contributed by atoms with van der Waals surface area (Å²) in [6.45, 7) is -0.0686. The van der Waals surface area contributed by atoms with Crippen LogP contribution in [0, 0.1) is 0 Å². The minimum absolute atomic E-state index is 0.178. The largest absolute Gasteiger partial charge is 0.487 e. The summed E-state index contributed by atoms with van der Waals surface area (Å²) >= 11 is 0. The Balaban J connectivity index is 2.23. The molecule has 0 aliphatic rings. The number of aliphatic hydroxyl groups is 2. The number of hydrogen-bond donors (Lipinski definition) is 2. The second-order valence-corrected chi connectivity index (χ2v) is 3.30. The Morgan fingerprint density at radius 3 is 3.00 bits per heavy atom. The highest BCUT2D eigenvalue weighted by atomic mass is 31.0. The second kappa shape index (κ2) is 4.39. The standard InChI is InChI=1S/C7H11O3P/c8-4-6(9)5-10-7-2-1-3-11-7/h1-3,6,8-9,11H,4-5H2. The minimum atomic E-state index is -0.763. The van der Waals surface area contributed by atoms with E-state index in [1.54, 1.807) is 0 Å². The van der Waals surface area contributed by atoms with Crippen molar-refractivity contribution in [3.05, 3.63) is 17.9 Å². The zero-order chi connectivity index (χ0) is 8.10. The lowest BCUT2D eigenvalue weighted by Gasteiger charge is -2.07. The fourth-order valence-corrected chi connectivity index (χ4v) is 1.36. The van der Waals surface area contributed by atoms with Crippen LogP contribution in [0.15, 0.2) is 17.9 Å². The van der Waals surface area contributed by atoms with E-state index in [1.165, 1.54) is 0 Å². The van der Waals surface area contributed by atoms with Gasteiger partial charge in [-0.2, -0.15) is 0 Å². The van der Waals surface area contributed by atoms with Gasteiger partial charge in [-0.25, -0.2) is 0 Å². The summed E-state index contributed by atoms with van der Waals surface area (Å²) in [5, 5.41) is 17.3. The van der Waals surface area contributed by atoms with Crippen molar-refractivity contribution in [2.45, 2.75) is 6.10 Å². The third-order valence-corrected chi connectivity index (χ3v) is 2.17. The fraction of sp³-hybridized carbons (Fsp3) is 0.429. The van der Waals surface area contributed by atoms with Gasteiger partial charge in [0.15, 0.2) is 0 Å². The van der Waals surface area contributed by atoms with Crippen molar-refractivity contribution in [3.63, 3.8) is 0 Å². The van der Waals surface area contributed by atoms with Crippen LogP contribution in [-0.2, 0) is 0 Å². The van der Waals surface area contributed by atoms with E-state index >= 15 is 0 Å². The molecular weight excluding hydrogens is 163 g/mol. The lowest BCUT2D eigenvalue weighted by Crippen LogP contribution is -2.20. The Kier molecular flexibility index (Phi) is 3.43. The van der Waals surface area contributed by atoms with Crippen LogP contribution >= 0.6 is 8.19 Å². The highest BCUT2D eigenvalue weighted by molar-refractivity contribution is 7.31. The molecule has 1 aromatic rings. The Labute approximate surface area is 66.7 Å². The summed E-state index contributed by atoms with van der Waals surface area (Å²) in [7, 11) is 0.566. The highest BCUT2D eigenvalue weighted by Crippen LogP contribution is 2.23. The van der Waals surface area contributed by atoms with Crippen molar-refractivity contribution >= 4 is 8.19 Å². The van der Waals surface area contributed by atoms with Gasteiger partial charge in [-0.1, -0.05) is 14.3 Å². The normalized spacial score (nSPS) is 13.6. The Morgan fingerprint density at radius 1 is 1.64 bits per heavy atom. The van der Waals surface area contributed by atoms with E-state index in [1.807, 2.05) is 17.9 Å². The number of aliphatic hydroxyl groups excluding tert-OH is 2. The van der Waals surface area contributed by atoms with Gasteiger partial charge in [0.25, 0.3) is 0 Å². The molecule has 62 valence electrons. The van der Waals surface area contributed by atoms with Crippen molar-refractivity contribution < 1.29 is 14.9 Å². The average Bonchev–Trinajstić information content (AvgIpc) is 2.52. The molecular formula is C7H11O3P. The van der Waals surface area contributed by atoms with Crippen LogP contribution in [0.2, 0.25) is 0 Å². The van der Waals surface area contributed by atoms with Crippen LogP contribution in [0.5, 0.6) is 5.48 Å². The summed E-state index contributed by atoms with van der Waals surface area (Å²) in [6, 6.07) is 3.78. The maximum atomic E-state index is 8.90. The molecule has 0 aliphatic heterocycles. The quantitative estimate of drug-likeness (QED) is 0.696. The smallest absolute Gasteiger partial charge is 0.134 e. The van der Waals surface area contributed by atoms with Crippen molar-refractivity contribution in [3.8, 4) is 5.48 Å². The molecule has 0 fully saturated rings. The summed E-state index contributed by atoms with van der Waals surface area (Å²) < 4.78 is 5.16. The van der Waals surface area contributed by atoms with E-state index in [0.29, 0.717) is 8.19 Å². The van der Waals surface area contributed by atoms with Gasteiger partial charge in [0.1, 0.15) is 18.2 Å². The predicted molar refractivity (Wildman–Crippen MR) is 44.5 cm³/mol. The van der Waals surface area contributed by atoms with E-state index in [0.717, 1.165) is 5.48 Å². The van der Waals surface area contributed by atoms with Crippen molar-refractivity contribution in [2.75, 3.05) is 13.2 Å². The molecule has 2 unspecified atom stereocenters. The summed E-state index contributed by atoms with van der Waals surface area (Å²) in [5.41, 5.74) is 0.873. The summed E-state index contributed by atoms with van der Waals surface area (Å²) in [6.07, 6.45) is -0.763. The zero-order valence-electron chi connectivity index (χ0n) is 6.03. The van der Waals surface area contributed by atoms with E-state index in [9.17, 15) is 0 Å². The van der Waals surface area contributed by atoms with Crippen LogP contribution in [0.25, 0.3) is 0 Å². The first kappa shape index (κ1) is 8.60. The molecule has 0 amide bonds. The van der Waals surface area contributed by atoms with E-state index in [4.69, 9.17) is 14.9 Å². The van der Waals surface area contributed by atoms with Gasteiger partial charge in [-0.05, 0) is 11.9 Å². The number of rotatable bonds is 4. The highest BCUT2D eigenvalue weighted by Gasteiger charge is 2.01. The van der Waals surface area contributed by atoms with E-state index in [-0.39, 0.29) is 13.2 Å². The number of hydrogen-bond acceptors (Lipinski definition) is 3. The molecule has 3 nitrogen and oxygen atoms in total. The molecule has 0 spiro atoms. The molecule has 2 N–H and O–H groups in total. The van der Waals surface area contributed by atoms with Gasteiger partial charge < -0.3 is 14.9 Å². The van der Waals surface area contributed by atoms with Gasteiger partial charge in [0.2, 0.25) is 0 Å².